The summed E-state index contributed by atoms with van der Waals surface area (Å²) in [6.45, 7) is 6.66. The second-order valence-electron chi connectivity index (χ2n) is 10.6. The highest BCUT2D eigenvalue weighted by Gasteiger charge is 2.44. The van der Waals surface area contributed by atoms with Gasteiger partial charge >= 0.3 is 0 Å². The van der Waals surface area contributed by atoms with Crippen molar-refractivity contribution in [3.8, 4) is 12.3 Å². The highest BCUT2D eigenvalue weighted by Crippen LogP contribution is 2.41. The van der Waals surface area contributed by atoms with Crippen molar-refractivity contribution in [1.82, 2.24) is 0 Å². The van der Waals surface area contributed by atoms with E-state index >= 15 is 8.78 Å². The van der Waals surface area contributed by atoms with Crippen LogP contribution in [0.1, 0.15) is 117 Å². The molecular formula is C28H48F2O. The van der Waals surface area contributed by atoms with Gasteiger partial charge in [-0.05, 0) is 49.4 Å². The summed E-state index contributed by atoms with van der Waals surface area (Å²) in [7, 11) is 0. The quantitative estimate of drug-likeness (QED) is 0.207. The molecule has 0 bridgehead atoms. The first-order valence-corrected chi connectivity index (χ1v) is 13.4. The number of hydrogen-bond acceptors (Lipinski definition) is 1. The van der Waals surface area contributed by atoms with Crippen LogP contribution in [0.15, 0.2) is 0 Å². The van der Waals surface area contributed by atoms with Crippen LogP contribution < -0.4 is 0 Å². The zero-order valence-electron chi connectivity index (χ0n) is 20.5. The Morgan fingerprint density at radius 1 is 0.871 bits per heavy atom. The average molecular weight is 439 g/mol. The monoisotopic (exact) mass is 438 g/mol. The number of unbranched alkanes of at least 4 members (excludes halogenated alkanes) is 2. The molecule has 6 unspecified atom stereocenters. The lowest BCUT2D eigenvalue weighted by Gasteiger charge is -2.39. The summed E-state index contributed by atoms with van der Waals surface area (Å²) in [6, 6.07) is 0. The zero-order valence-corrected chi connectivity index (χ0v) is 20.5. The second-order valence-corrected chi connectivity index (χ2v) is 10.6. The molecule has 2 fully saturated rings. The van der Waals surface area contributed by atoms with Crippen molar-refractivity contribution in [1.29, 1.82) is 0 Å². The van der Waals surface area contributed by atoms with Crippen LogP contribution in [0.4, 0.5) is 8.78 Å². The number of alkyl halides is 2. The molecule has 2 rings (SSSR count). The molecule has 0 saturated heterocycles. The first kappa shape index (κ1) is 26.6. The molecule has 0 heterocycles. The minimum atomic E-state index is -1.54. The van der Waals surface area contributed by atoms with Gasteiger partial charge in [0.2, 0.25) is 0 Å². The van der Waals surface area contributed by atoms with Gasteiger partial charge in [0.1, 0.15) is 12.3 Å². The van der Waals surface area contributed by atoms with Gasteiger partial charge in [-0.25, -0.2) is 8.78 Å². The van der Waals surface area contributed by atoms with Crippen LogP contribution in [-0.2, 0) is 4.74 Å². The van der Waals surface area contributed by atoms with E-state index in [9.17, 15) is 0 Å². The molecule has 2 saturated carbocycles. The van der Waals surface area contributed by atoms with E-state index in [1.54, 1.807) is 0 Å². The fraction of sp³-hybridized carbons (Fsp3) is 0.929. The van der Waals surface area contributed by atoms with E-state index in [1.807, 2.05) is 0 Å². The topological polar surface area (TPSA) is 9.23 Å². The maximum Gasteiger partial charge on any atom is 0.157 e. The summed E-state index contributed by atoms with van der Waals surface area (Å²) in [5.74, 6) is 4.53. The van der Waals surface area contributed by atoms with Gasteiger partial charge in [-0.3, -0.25) is 0 Å². The standard InChI is InChI=1S/C28H48F2O/c1-5-8-9-14-24(7-3)31-26-20-19-25(27(29)28(26)30)23(11-6-2)13-10-12-22-17-15-21(4)16-18-22/h3,21-28H,5-6,8-20H2,1-2,4H3. The van der Waals surface area contributed by atoms with Gasteiger partial charge < -0.3 is 4.74 Å². The molecule has 6 atom stereocenters. The summed E-state index contributed by atoms with van der Waals surface area (Å²) < 4.78 is 36.2. The Hall–Kier alpha value is -0.620. The lowest BCUT2D eigenvalue weighted by atomic mass is 9.72. The van der Waals surface area contributed by atoms with Crippen LogP contribution in [0.2, 0.25) is 0 Å². The van der Waals surface area contributed by atoms with E-state index in [0.29, 0.717) is 12.3 Å². The van der Waals surface area contributed by atoms with E-state index < -0.39 is 18.4 Å². The highest BCUT2D eigenvalue weighted by atomic mass is 19.2. The van der Waals surface area contributed by atoms with E-state index in [4.69, 9.17) is 11.2 Å². The molecule has 31 heavy (non-hydrogen) atoms. The van der Waals surface area contributed by atoms with Crippen molar-refractivity contribution in [2.24, 2.45) is 23.7 Å². The molecule has 0 spiro atoms. The summed E-state index contributed by atoms with van der Waals surface area (Å²) in [5.41, 5.74) is 0. The fourth-order valence-electron chi connectivity index (χ4n) is 5.97. The van der Waals surface area contributed by atoms with Crippen molar-refractivity contribution in [2.75, 3.05) is 0 Å². The number of hydrogen-bond donors (Lipinski definition) is 0. The Balaban J connectivity index is 1.82. The van der Waals surface area contributed by atoms with Crippen molar-refractivity contribution >= 4 is 0 Å². The van der Waals surface area contributed by atoms with Gasteiger partial charge in [-0.15, -0.1) is 6.42 Å². The third-order valence-electron chi connectivity index (χ3n) is 8.04. The molecule has 2 aliphatic rings. The van der Waals surface area contributed by atoms with Crippen molar-refractivity contribution in [2.45, 2.75) is 142 Å². The Labute approximate surface area is 191 Å². The maximum absolute atomic E-state index is 15.2. The fourth-order valence-corrected chi connectivity index (χ4v) is 5.97. The van der Waals surface area contributed by atoms with Crippen LogP contribution >= 0.6 is 0 Å². The number of ether oxygens (including phenoxy) is 1. The van der Waals surface area contributed by atoms with Gasteiger partial charge in [0, 0.05) is 0 Å². The predicted molar refractivity (Wildman–Crippen MR) is 128 cm³/mol. The smallest absolute Gasteiger partial charge is 0.157 e. The SMILES string of the molecule is C#CC(CCCCC)OC1CCC(C(CCC)CCCC2CCC(C)CC2)C(F)C1F. The lowest BCUT2D eigenvalue weighted by molar-refractivity contribution is -0.101. The zero-order chi connectivity index (χ0) is 22.6. The largest absolute Gasteiger partial charge is 0.359 e. The first-order chi connectivity index (χ1) is 15.0. The first-order valence-electron chi connectivity index (χ1n) is 13.4. The van der Waals surface area contributed by atoms with Crippen molar-refractivity contribution in [3.63, 3.8) is 0 Å². The molecule has 3 heteroatoms. The molecule has 0 aromatic heterocycles. The van der Waals surface area contributed by atoms with Gasteiger partial charge in [-0.2, -0.15) is 0 Å². The van der Waals surface area contributed by atoms with Gasteiger partial charge in [0.25, 0.3) is 0 Å². The molecule has 0 aromatic carbocycles. The Morgan fingerprint density at radius 3 is 2.26 bits per heavy atom. The molecule has 0 aromatic rings. The molecule has 180 valence electrons. The van der Waals surface area contributed by atoms with E-state index in [2.05, 4.69) is 26.7 Å². The highest BCUT2D eigenvalue weighted by molar-refractivity contribution is 4.98. The summed E-state index contributed by atoms with van der Waals surface area (Å²) in [5, 5.41) is 0. The molecule has 0 aliphatic heterocycles. The molecule has 2 aliphatic carbocycles. The van der Waals surface area contributed by atoms with Crippen LogP contribution in [0.25, 0.3) is 0 Å². The van der Waals surface area contributed by atoms with E-state index in [1.165, 1.54) is 38.5 Å². The van der Waals surface area contributed by atoms with Crippen LogP contribution in [-0.4, -0.2) is 24.6 Å². The van der Waals surface area contributed by atoms with E-state index in [-0.39, 0.29) is 12.0 Å². The molecular weight excluding hydrogens is 390 g/mol. The number of halogens is 2. The Kier molecular flexibility index (Phi) is 12.5. The molecule has 0 radical (unpaired) electrons. The summed E-state index contributed by atoms with van der Waals surface area (Å²) in [4.78, 5) is 0. The van der Waals surface area contributed by atoms with Gasteiger partial charge in [0.05, 0.1) is 6.10 Å². The third kappa shape index (κ3) is 8.68. The van der Waals surface area contributed by atoms with E-state index in [0.717, 1.165) is 63.2 Å². The Morgan fingerprint density at radius 2 is 1.61 bits per heavy atom. The second kappa shape index (κ2) is 14.5. The minimum absolute atomic E-state index is 0.162. The molecule has 0 amide bonds. The van der Waals surface area contributed by atoms with Crippen molar-refractivity contribution < 1.29 is 13.5 Å². The summed E-state index contributed by atoms with van der Waals surface area (Å²) >= 11 is 0. The molecule has 1 nitrogen and oxygen atoms in total. The normalized spacial score (nSPS) is 33.5. The average Bonchev–Trinajstić information content (AvgIpc) is 2.77. The minimum Gasteiger partial charge on any atom is -0.359 e. The maximum atomic E-state index is 15.2. The summed E-state index contributed by atoms with van der Waals surface area (Å²) in [6.07, 6.45) is 17.8. The number of terminal acetylenes is 1. The predicted octanol–water partition coefficient (Wildman–Crippen LogP) is 8.45. The number of rotatable bonds is 13. The third-order valence-corrected chi connectivity index (χ3v) is 8.04. The van der Waals surface area contributed by atoms with Crippen molar-refractivity contribution in [3.05, 3.63) is 0 Å². The lowest BCUT2D eigenvalue weighted by Crippen LogP contribution is -2.46. The van der Waals surface area contributed by atoms with Crippen LogP contribution in [0.5, 0.6) is 0 Å². The van der Waals surface area contributed by atoms with Crippen LogP contribution in [0, 0.1) is 36.0 Å². The molecule has 0 N–H and O–H groups in total. The van der Waals surface area contributed by atoms with Gasteiger partial charge in [0.15, 0.2) is 6.17 Å². The Bertz CT molecular complexity index is 508. The van der Waals surface area contributed by atoms with Crippen LogP contribution in [0.3, 0.4) is 0 Å². The van der Waals surface area contributed by atoms with Gasteiger partial charge in [-0.1, -0.05) is 97.3 Å².